The number of ether oxygens (including phenoxy) is 1. The molecule has 1 aromatic carbocycles. The molecule has 2 N–H and O–H groups in total. The van der Waals surface area contributed by atoms with Gasteiger partial charge in [-0.05, 0) is 6.07 Å². The second-order valence-electron chi connectivity index (χ2n) is 8.70. The van der Waals surface area contributed by atoms with Crippen molar-refractivity contribution in [2.24, 2.45) is 11.8 Å². The van der Waals surface area contributed by atoms with Gasteiger partial charge in [-0.1, -0.05) is 18.2 Å². The largest absolute Gasteiger partial charge is 0.396 e. The fourth-order valence-corrected chi connectivity index (χ4v) is 6.40. The lowest BCUT2D eigenvalue weighted by atomic mass is 9.83. The molecule has 3 fully saturated rings. The maximum Gasteiger partial charge on any atom is 0.256 e. The molecule has 5 heterocycles. The number of para-hydroxylation sites is 1. The van der Waals surface area contributed by atoms with Crippen molar-refractivity contribution in [3.05, 3.63) is 52.6 Å². The van der Waals surface area contributed by atoms with Gasteiger partial charge in [-0.25, -0.2) is 4.98 Å². The zero-order valence-electron chi connectivity index (χ0n) is 16.5. The Hall–Kier alpha value is -2.26. The Balaban J connectivity index is 1.28. The van der Waals surface area contributed by atoms with Crippen LogP contribution in [0.3, 0.4) is 0 Å². The van der Waals surface area contributed by atoms with Crippen LogP contribution in [0.2, 0.25) is 0 Å². The van der Waals surface area contributed by atoms with E-state index in [1.807, 2.05) is 46.9 Å². The first kappa shape index (κ1) is 18.5. The van der Waals surface area contributed by atoms with Crippen LogP contribution in [0.15, 0.2) is 42.0 Å². The average molecular weight is 425 g/mol. The van der Waals surface area contributed by atoms with E-state index < -0.39 is 5.60 Å². The summed E-state index contributed by atoms with van der Waals surface area (Å²) in [7, 11) is 0. The van der Waals surface area contributed by atoms with Crippen LogP contribution < -0.4 is 0 Å². The molecule has 3 aliphatic heterocycles. The van der Waals surface area contributed by atoms with Gasteiger partial charge in [-0.15, -0.1) is 11.3 Å². The minimum absolute atomic E-state index is 0.0130. The molecule has 156 valence electrons. The highest BCUT2D eigenvalue weighted by molar-refractivity contribution is 7.09. The van der Waals surface area contributed by atoms with Crippen molar-refractivity contribution in [1.29, 1.82) is 0 Å². The second kappa shape index (κ2) is 6.88. The number of nitrogens with one attached hydrogen (secondary N) is 1. The first-order valence-electron chi connectivity index (χ1n) is 10.4. The zero-order valence-corrected chi connectivity index (χ0v) is 17.3. The molecule has 3 saturated heterocycles. The van der Waals surface area contributed by atoms with Gasteiger partial charge in [0.25, 0.3) is 5.91 Å². The third kappa shape index (κ3) is 2.75. The fraction of sp³-hybridized carbons (Fsp3) is 0.455. The van der Waals surface area contributed by atoms with Gasteiger partial charge in [-0.2, -0.15) is 0 Å². The SMILES string of the molecule is O=C(c1c[nH]c2ccccc12)N1C[C@@H]2[C@H](CO)[C@H]3CN(Cc4nccs4)C[C@]2(C1)O3. The molecule has 1 spiro atoms. The topological polar surface area (TPSA) is 81.7 Å². The molecule has 4 atom stereocenters. The van der Waals surface area contributed by atoms with Crippen LogP contribution in [0.1, 0.15) is 15.4 Å². The minimum atomic E-state index is -0.407. The first-order chi connectivity index (χ1) is 14.7. The molecule has 8 heteroatoms. The Morgan fingerprint density at radius 3 is 3.07 bits per heavy atom. The molecular weight excluding hydrogens is 400 g/mol. The van der Waals surface area contributed by atoms with Crippen LogP contribution >= 0.6 is 11.3 Å². The van der Waals surface area contributed by atoms with E-state index in [0.717, 1.165) is 35.5 Å². The van der Waals surface area contributed by atoms with Crippen LogP contribution in [0.4, 0.5) is 0 Å². The second-order valence-corrected chi connectivity index (χ2v) is 9.68. The van der Waals surface area contributed by atoms with Gasteiger partial charge in [0.15, 0.2) is 0 Å². The number of thiazole rings is 1. The highest BCUT2D eigenvalue weighted by Gasteiger charge is 2.62. The summed E-state index contributed by atoms with van der Waals surface area (Å²) in [5, 5.41) is 14.2. The molecule has 0 unspecified atom stereocenters. The number of aliphatic hydroxyl groups is 1. The number of nitrogens with zero attached hydrogens (tertiary/aromatic N) is 3. The molecule has 2 bridgehead atoms. The number of H-pyrrole nitrogens is 1. The lowest BCUT2D eigenvalue weighted by Gasteiger charge is -2.40. The summed E-state index contributed by atoms with van der Waals surface area (Å²) in [5.74, 6) is 0.250. The number of carbonyl (C=O) groups is 1. The summed E-state index contributed by atoms with van der Waals surface area (Å²) >= 11 is 1.66. The Morgan fingerprint density at radius 1 is 1.33 bits per heavy atom. The van der Waals surface area contributed by atoms with Gasteiger partial charge >= 0.3 is 0 Å². The predicted octanol–water partition coefficient (Wildman–Crippen LogP) is 1.96. The van der Waals surface area contributed by atoms with Crippen molar-refractivity contribution >= 4 is 28.1 Å². The fourth-order valence-electron chi connectivity index (χ4n) is 5.74. The highest BCUT2D eigenvalue weighted by Crippen LogP contribution is 2.49. The van der Waals surface area contributed by atoms with Gasteiger partial charge in [0.05, 0.1) is 24.8 Å². The summed E-state index contributed by atoms with van der Waals surface area (Å²) in [6.07, 6.45) is 3.66. The molecule has 0 aliphatic carbocycles. The normalized spacial score (nSPS) is 30.8. The number of carbonyl (C=O) groups excluding carboxylic acids is 1. The molecule has 2 aromatic heterocycles. The van der Waals surface area contributed by atoms with E-state index in [1.54, 1.807) is 11.3 Å². The lowest BCUT2D eigenvalue weighted by molar-refractivity contribution is -0.118. The van der Waals surface area contributed by atoms with Gasteiger partial charge in [-0.3, -0.25) is 9.69 Å². The maximum absolute atomic E-state index is 13.4. The zero-order chi connectivity index (χ0) is 20.3. The number of amides is 1. The van der Waals surface area contributed by atoms with Crippen LogP contribution in [0.5, 0.6) is 0 Å². The number of aliphatic hydroxyl groups excluding tert-OH is 1. The van der Waals surface area contributed by atoms with Gasteiger partial charge in [0.1, 0.15) is 10.6 Å². The molecule has 3 aromatic rings. The van der Waals surface area contributed by atoms with Crippen molar-refractivity contribution < 1.29 is 14.6 Å². The first-order valence-corrected chi connectivity index (χ1v) is 11.3. The molecule has 0 saturated carbocycles. The number of aromatic nitrogens is 2. The number of benzene rings is 1. The Kier molecular flexibility index (Phi) is 4.24. The summed E-state index contributed by atoms with van der Waals surface area (Å²) in [4.78, 5) is 25.3. The monoisotopic (exact) mass is 424 g/mol. The smallest absolute Gasteiger partial charge is 0.256 e. The Labute approximate surface area is 178 Å². The summed E-state index contributed by atoms with van der Waals surface area (Å²) in [6, 6.07) is 7.88. The minimum Gasteiger partial charge on any atom is -0.396 e. The van der Waals surface area contributed by atoms with Gasteiger partial charge < -0.3 is 19.7 Å². The summed E-state index contributed by atoms with van der Waals surface area (Å²) < 4.78 is 6.53. The van der Waals surface area contributed by atoms with Crippen LogP contribution in [-0.2, 0) is 11.3 Å². The molecule has 3 aliphatic rings. The van der Waals surface area contributed by atoms with Crippen molar-refractivity contribution in [2.75, 3.05) is 32.8 Å². The van der Waals surface area contributed by atoms with Crippen molar-refractivity contribution in [1.82, 2.24) is 19.8 Å². The van der Waals surface area contributed by atoms with Gasteiger partial charge in [0.2, 0.25) is 0 Å². The molecule has 7 nitrogen and oxygen atoms in total. The highest BCUT2D eigenvalue weighted by atomic mass is 32.1. The predicted molar refractivity (Wildman–Crippen MR) is 113 cm³/mol. The van der Waals surface area contributed by atoms with Crippen molar-refractivity contribution in [2.45, 2.75) is 18.2 Å². The Bertz CT molecular complexity index is 1080. The summed E-state index contributed by atoms with van der Waals surface area (Å²) in [5.41, 5.74) is 1.26. The van der Waals surface area contributed by atoms with E-state index in [4.69, 9.17) is 4.74 Å². The molecule has 1 amide bonds. The number of rotatable bonds is 4. The number of likely N-dealkylation sites (tertiary alicyclic amines) is 2. The van der Waals surface area contributed by atoms with Gasteiger partial charge in [0, 0.05) is 66.8 Å². The number of morpholine rings is 1. The number of hydrogen-bond donors (Lipinski definition) is 2. The average Bonchev–Trinajstić information content (AvgIpc) is 3.50. The summed E-state index contributed by atoms with van der Waals surface area (Å²) in [6.45, 7) is 3.65. The maximum atomic E-state index is 13.4. The van der Waals surface area contributed by atoms with E-state index in [9.17, 15) is 9.90 Å². The number of fused-ring (bicyclic) bond motifs is 2. The number of aromatic amines is 1. The lowest BCUT2D eigenvalue weighted by Crippen LogP contribution is -2.54. The molecular formula is C22H24N4O3S. The van der Waals surface area contributed by atoms with Crippen LogP contribution in [0.25, 0.3) is 10.9 Å². The Morgan fingerprint density at radius 2 is 2.23 bits per heavy atom. The number of hydrogen-bond acceptors (Lipinski definition) is 6. The third-order valence-electron chi connectivity index (χ3n) is 7.02. The van der Waals surface area contributed by atoms with E-state index in [0.29, 0.717) is 18.7 Å². The van der Waals surface area contributed by atoms with Crippen molar-refractivity contribution in [3.63, 3.8) is 0 Å². The van der Waals surface area contributed by atoms with E-state index >= 15 is 0 Å². The van der Waals surface area contributed by atoms with Crippen LogP contribution in [0, 0.1) is 11.8 Å². The quantitative estimate of drug-likeness (QED) is 0.669. The molecule has 6 rings (SSSR count). The molecule has 0 radical (unpaired) electrons. The van der Waals surface area contributed by atoms with Crippen molar-refractivity contribution in [3.8, 4) is 0 Å². The third-order valence-corrected chi connectivity index (χ3v) is 7.79. The van der Waals surface area contributed by atoms with E-state index in [2.05, 4.69) is 14.9 Å². The molecule has 30 heavy (non-hydrogen) atoms. The van der Waals surface area contributed by atoms with E-state index in [-0.39, 0.29) is 30.5 Å². The van der Waals surface area contributed by atoms with Crippen LogP contribution in [-0.4, -0.2) is 75.3 Å². The van der Waals surface area contributed by atoms with E-state index in [1.165, 1.54) is 0 Å². The standard InChI is InChI=1S/C22H24N4O3S/c27-11-16-17-8-26(21(28)15-7-24-18-4-2-1-3-14(15)18)13-22(17)12-25(9-19(16)29-22)10-20-23-5-6-30-20/h1-7,16-17,19,24,27H,8-13H2/t16-,17+,19+,22+/m0/s1.